The molecule has 1 rings (SSSR count). The Labute approximate surface area is 69.4 Å². The highest BCUT2D eigenvalue weighted by molar-refractivity contribution is 6.20. The van der Waals surface area contributed by atoms with Gasteiger partial charge in [-0.1, -0.05) is 0 Å². The topological polar surface area (TPSA) is 61.8 Å². The van der Waals surface area contributed by atoms with Crippen molar-refractivity contribution >= 4 is 7.85 Å². The van der Waals surface area contributed by atoms with Crippen LogP contribution in [0.1, 0.15) is 12.8 Å². The summed E-state index contributed by atoms with van der Waals surface area (Å²) >= 11 is 0. The molecule has 1 saturated heterocycles. The summed E-state index contributed by atoms with van der Waals surface area (Å²) in [4.78, 5) is 0. The maximum absolute atomic E-state index is 7.32. The second kappa shape index (κ2) is 7.58. The summed E-state index contributed by atoms with van der Waals surface area (Å²) in [5, 5.41) is 10.6. The molecule has 0 aromatic rings. The van der Waals surface area contributed by atoms with E-state index in [-0.39, 0.29) is 0 Å². The molecule has 0 unspecified atom stereocenters. The van der Waals surface area contributed by atoms with E-state index in [4.69, 9.17) is 11.0 Å². The third-order valence-electron chi connectivity index (χ3n) is 1.79. The molecular formula is C7H16BN3. The zero-order chi connectivity index (χ0) is 8.53. The van der Waals surface area contributed by atoms with Crippen LogP contribution in [-0.2, 0) is 0 Å². The Balaban J connectivity index is 0.000000292. The minimum absolute atomic E-state index is 0.802. The molecule has 0 bridgehead atoms. The summed E-state index contributed by atoms with van der Waals surface area (Å²) in [5.74, 6) is 2.55. The van der Waals surface area contributed by atoms with E-state index in [1.807, 2.05) is 0 Å². The van der Waals surface area contributed by atoms with E-state index in [0.717, 1.165) is 12.5 Å². The van der Waals surface area contributed by atoms with Crippen molar-refractivity contribution in [3.8, 4) is 5.97 Å². The average molecular weight is 153 g/mol. The average Bonchev–Trinajstić information content (AvgIpc) is 2.08. The van der Waals surface area contributed by atoms with Crippen molar-refractivity contribution in [1.29, 1.82) is 5.26 Å². The van der Waals surface area contributed by atoms with Crippen LogP contribution >= 0.6 is 0 Å². The van der Waals surface area contributed by atoms with Crippen molar-refractivity contribution in [2.45, 2.75) is 12.8 Å². The molecule has 0 saturated carbocycles. The van der Waals surface area contributed by atoms with Gasteiger partial charge in [0, 0.05) is 0 Å². The Morgan fingerprint density at radius 1 is 1.55 bits per heavy atom. The van der Waals surface area contributed by atoms with Gasteiger partial charge in [0.25, 0.3) is 0 Å². The van der Waals surface area contributed by atoms with Crippen LogP contribution in [0.2, 0.25) is 0 Å². The maximum Gasteiger partial charge on any atom is 0.232 e. The molecule has 0 aromatic heterocycles. The Morgan fingerprint density at radius 3 is 2.27 bits per heavy atom. The van der Waals surface area contributed by atoms with Crippen LogP contribution in [0.4, 0.5) is 0 Å². The van der Waals surface area contributed by atoms with Gasteiger partial charge in [0.05, 0.1) is 0 Å². The van der Waals surface area contributed by atoms with Crippen molar-refractivity contribution < 1.29 is 0 Å². The van der Waals surface area contributed by atoms with Crippen molar-refractivity contribution in [2.75, 3.05) is 19.6 Å². The first-order chi connectivity index (χ1) is 5.35. The lowest BCUT2D eigenvalue weighted by Crippen LogP contribution is -2.31. The molecule has 4 heteroatoms. The van der Waals surface area contributed by atoms with Crippen LogP contribution in [-0.4, -0.2) is 27.5 Å². The molecule has 1 heterocycles. The molecule has 1 fully saturated rings. The summed E-state index contributed by atoms with van der Waals surface area (Å²) in [7, 11) is 1.43. The molecule has 0 spiro atoms. The fourth-order valence-corrected chi connectivity index (χ4v) is 1.12. The fraction of sp³-hybridized carbons (Fsp3) is 0.857. The normalized spacial score (nSPS) is 17.8. The van der Waals surface area contributed by atoms with E-state index in [2.05, 4.69) is 5.32 Å². The molecule has 0 amide bonds. The third-order valence-corrected chi connectivity index (χ3v) is 1.79. The Kier molecular flexibility index (Phi) is 7.22. The van der Waals surface area contributed by atoms with E-state index in [0.29, 0.717) is 0 Å². The van der Waals surface area contributed by atoms with Crippen LogP contribution in [0, 0.1) is 17.1 Å². The van der Waals surface area contributed by atoms with Gasteiger partial charge in [-0.25, -0.2) is 5.26 Å². The minimum Gasteiger partial charge on any atom is -0.330 e. The standard InChI is InChI=1S/C6H14N2.CH2BN/c7-5-6-1-3-8-4-2-6;2-1-3/h6,8H,1-5,7H2;2H2. The summed E-state index contributed by atoms with van der Waals surface area (Å²) < 4.78 is 0. The molecule has 1 aliphatic heterocycles. The van der Waals surface area contributed by atoms with E-state index < -0.39 is 0 Å². The van der Waals surface area contributed by atoms with Gasteiger partial charge in [-0.15, -0.1) is 0 Å². The van der Waals surface area contributed by atoms with Gasteiger partial charge in [-0.2, -0.15) is 0 Å². The lowest BCUT2D eigenvalue weighted by Gasteiger charge is -2.20. The summed E-state index contributed by atoms with van der Waals surface area (Å²) in [6, 6.07) is 0. The molecule has 3 nitrogen and oxygen atoms in total. The van der Waals surface area contributed by atoms with E-state index in [9.17, 15) is 0 Å². The van der Waals surface area contributed by atoms with Crippen molar-refractivity contribution in [1.82, 2.24) is 5.32 Å². The Hall–Kier alpha value is -0.525. The zero-order valence-corrected chi connectivity index (χ0v) is 7.14. The summed E-state index contributed by atoms with van der Waals surface area (Å²) in [6.07, 6.45) is 2.55. The van der Waals surface area contributed by atoms with Gasteiger partial charge in [0.15, 0.2) is 0 Å². The van der Waals surface area contributed by atoms with E-state index >= 15 is 0 Å². The molecule has 0 radical (unpaired) electrons. The maximum atomic E-state index is 7.32. The van der Waals surface area contributed by atoms with Crippen LogP contribution in [0.5, 0.6) is 0 Å². The largest absolute Gasteiger partial charge is 0.330 e. The summed E-state index contributed by atoms with van der Waals surface area (Å²) in [5.41, 5.74) is 5.48. The lowest BCUT2D eigenvalue weighted by molar-refractivity contribution is 0.382. The van der Waals surface area contributed by atoms with Gasteiger partial charge in [-0.05, 0) is 44.4 Å². The van der Waals surface area contributed by atoms with E-state index in [1.54, 1.807) is 5.97 Å². The van der Waals surface area contributed by atoms with Crippen LogP contribution in [0.15, 0.2) is 0 Å². The number of nitriles is 1. The quantitative estimate of drug-likeness (QED) is 0.477. The first-order valence-electron chi connectivity index (χ1n) is 4.06. The van der Waals surface area contributed by atoms with Gasteiger partial charge >= 0.3 is 0 Å². The smallest absolute Gasteiger partial charge is 0.232 e. The fourth-order valence-electron chi connectivity index (χ4n) is 1.12. The number of piperidine rings is 1. The molecule has 0 aliphatic carbocycles. The van der Waals surface area contributed by atoms with Crippen molar-refractivity contribution in [2.24, 2.45) is 11.7 Å². The van der Waals surface area contributed by atoms with Crippen molar-refractivity contribution in [3.05, 3.63) is 0 Å². The molecule has 3 N–H and O–H groups in total. The molecule has 1 aliphatic rings. The monoisotopic (exact) mass is 153 g/mol. The Bertz CT molecular complexity index is 115. The number of nitrogens with zero attached hydrogens (tertiary/aromatic N) is 1. The molecule has 0 aromatic carbocycles. The number of rotatable bonds is 1. The van der Waals surface area contributed by atoms with Crippen molar-refractivity contribution in [3.63, 3.8) is 0 Å². The van der Waals surface area contributed by atoms with Crippen LogP contribution in [0.3, 0.4) is 0 Å². The molecule has 62 valence electrons. The number of nitrogens with one attached hydrogen (secondary N) is 1. The predicted octanol–water partition coefficient (Wildman–Crippen LogP) is -0.955. The predicted molar refractivity (Wildman–Crippen MR) is 48.8 cm³/mol. The zero-order valence-electron chi connectivity index (χ0n) is 7.14. The van der Waals surface area contributed by atoms with E-state index in [1.165, 1.54) is 33.8 Å². The molecule has 0 atom stereocenters. The first kappa shape index (κ1) is 10.5. The molecular weight excluding hydrogens is 137 g/mol. The van der Waals surface area contributed by atoms with Crippen LogP contribution < -0.4 is 11.1 Å². The number of nitrogens with two attached hydrogens (primary N) is 1. The van der Waals surface area contributed by atoms with Gasteiger partial charge in [0.1, 0.15) is 0 Å². The van der Waals surface area contributed by atoms with Gasteiger partial charge < -0.3 is 11.1 Å². The van der Waals surface area contributed by atoms with Gasteiger partial charge in [0.2, 0.25) is 7.85 Å². The highest BCUT2D eigenvalue weighted by Gasteiger charge is 2.09. The second-order valence-electron chi connectivity index (χ2n) is 2.65. The van der Waals surface area contributed by atoms with Gasteiger partial charge in [-0.3, -0.25) is 0 Å². The number of hydrogen-bond donors (Lipinski definition) is 2. The SMILES string of the molecule is BC#N.NCC1CCNCC1. The highest BCUT2D eigenvalue weighted by atomic mass is 14.9. The number of hydrogen-bond acceptors (Lipinski definition) is 3. The lowest BCUT2D eigenvalue weighted by atomic mass is 9.99. The first-order valence-corrected chi connectivity index (χ1v) is 4.06. The molecule has 11 heavy (non-hydrogen) atoms. The Morgan fingerprint density at radius 2 is 2.00 bits per heavy atom. The second-order valence-corrected chi connectivity index (χ2v) is 2.65. The van der Waals surface area contributed by atoms with Crippen LogP contribution in [0.25, 0.3) is 0 Å². The third kappa shape index (κ3) is 5.90. The summed E-state index contributed by atoms with van der Waals surface area (Å²) in [6.45, 7) is 3.21. The minimum atomic E-state index is 0.802. The highest BCUT2D eigenvalue weighted by Crippen LogP contribution is 2.07.